The monoisotopic (exact) mass is 740 g/mol. The summed E-state index contributed by atoms with van der Waals surface area (Å²) >= 11 is 0. The maximum absolute atomic E-state index is 12.5. The number of fused-ring (bicyclic) bond motifs is 2. The molecule has 0 spiro atoms. The van der Waals surface area contributed by atoms with E-state index in [-0.39, 0.29) is 27.5 Å². The Kier molecular flexibility index (Phi) is 9.24. The first-order valence-electron chi connectivity index (χ1n) is 13.8. The van der Waals surface area contributed by atoms with Gasteiger partial charge in [-0.25, -0.2) is 0 Å². The number of rotatable bonds is 9. The molecule has 1 amide bonds. The second kappa shape index (κ2) is 13.0. The van der Waals surface area contributed by atoms with Gasteiger partial charge in [0.05, 0.1) is 39.3 Å². The summed E-state index contributed by atoms with van der Waals surface area (Å²) in [7, 11) is -13.5. The molecule has 0 fully saturated rings. The molecule has 0 radical (unpaired) electrons. The molecule has 0 aliphatic rings. The van der Waals surface area contributed by atoms with Gasteiger partial charge in [-0.1, -0.05) is 6.07 Å². The highest BCUT2D eigenvalue weighted by atomic mass is 32.2. The molecule has 20 heteroatoms. The summed E-state index contributed by atoms with van der Waals surface area (Å²) in [6.45, 7) is 1.05. The number of hydrogen-bond donors (Lipinski definition) is 6. The average Bonchev–Trinajstić information content (AvgIpc) is 3.03. The van der Waals surface area contributed by atoms with Crippen molar-refractivity contribution in [1.82, 2.24) is 0 Å². The van der Waals surface area contributed by atoms with Gasteiger partial charge in [0.25, 0.3) is 30.4 Å². The number of aromatic hydroxyl groups is 1. The van der Waals surface area contributed by atoms with Crippen molar-refractivity contribution >= 4 is 86.2 Å². The van der Waals surface area contributed by atoms with Crippen LogP contribution in [0.5, 0.6) is 5.75 Å². The molecule has 17 nitrogen and oxygen atoms in total. The van der Waals surface area contributed by atoms with Gasteiger partial charge in [-0.15, -0.1) is 5.11 Å². The van der Waals surface area contributed by atoms with Crippen LogP contribution in [0.3, 0.4) is 0 Å². The van der Waals surface area contributed by atoms with Gasteiger partial charge in [-0.3, -0.25) is 28.9 Å². The summed E-state index contributed by atoms with van der Waals surface area (Å²) in [6, 6.07) is 17.2. The van der Waals surface area contributed by atoms with Gasteiger partial charge in [0.1, 0.15) is 21.2 Å². The zero-order valence-corrected chi connectivity index (χ0v) is 28.0. The zero-order valence-electron chi connectivity index (χ0n) is 25.6. The minimum Gasteiger partial charge on any atom is -0.505 e. The Hall–Kier alpha value is -5.69. The van der Waals surface area contributed by atoms with Gasteiger partial charge in [-0.2, -0.15) is 35.6 Å². The standard InChI is InChI=1S/C30H24N6O11S3/c1-16(37)32-25-14-22-18(11-27(25)49(42,43)44)12-28(50(45,46)47)29(30(22)38)35-36(2)26-10-9-24(34-33-19-5-3-17(15-31)4-6-19)21-8-7-20(13-23(21)26)48(39,40)41/h3-14,35,38H,1-2H3,(H,32,37)(H,39,40,41)(H,42,43,44)(H,45,46,47)/b34-33+. The fourth-order valence-electron chi connectivity index (χ4n) is 4.98. The van der Waals surface area contributed by atoms with Gasteiger partial charge in [-0.05, 0) is 72.1 Å². The van der Waals surface area contributed by atoms with Crippen LogP contribution in [-0.4, -0.2) is 57.0 Å². The van der Waals surface area contributed by atoms with Crippen LogP contribution in [0.1, 0.15) is 12.5 Å². The van der Waals surface area contributed by atoms with Crippen LogP contribution in [-0.2, 0) is 35.1 Å². The van der Waals surface area contributed by atoms with Crippen LogP contribution in [0, 0.1) is 11.3 Å². The van der Waals surface area contributed by atoms with Crippen LogP contribution in [0.4, 0.5) is 28.4 Å². The minimum atomic E-state index is -5.15. The van der Waals surface area contributed by atoms with E-state index >= 15 is 0 Å². The number of carbonyl (C=O) groups excluding carboxylic acids is 1. The van der Waals surface area contributed by atoms with E-state index < -0.39 is 68.1 Å². The van der Waals surface area contributed by atoms with E-state index in [0.29, 0.717) is 16.6 Å². The molecule has 0 aliphatic carbocycles. The van der Waals surface area contributed by atoms with E-state index in [4.69, 9.17) is 5.26 Å². The number of nitriles is 1. The number of phenolic OH excluding ortho intramolecular Hbond substituents is 1. The van der Waals surface area contributed by atoms with E-state index in [1.807, 2.05) is 6.07 Å². The number of nitrogens with one attached hydrogen (secondary N) is 2. The van der Waals surface area contributed by atoms with Gasteiger partial charge < -0.3 is 10.4 Å². The third kappa shape index (κ3) is 7.32. The third-order valence-electron chi connectivity index (χ3n) is 7.19. The lowest BCUT2D eigenvalue weighted by molar-refractivity contribution is -0.114. The summed E-state index contributed by atoms with van der Waals surface area (Å²) in [4.78, 5) is 9.50. The molecule has 0 atom stereocenters. The van der Waals surface area contributed by atoms with Crippen LogP contribution in [0.25, 0.3) is 21.5 Å². The number of hydrazine groups is 1. The maximum atomic E-state index is 12.5. The Labute approximate surface area is 284 Å². The summed E-state index contributed by atoms with van der Waals surface area (Å²) in [5, 5.41) is 32.0. The highest BCUT2D eigenvalue weighted by molar-refractivity contribution is 7.86. The summed E-state index contributed by atoms with van der Waals surface area (Å²) in [5.41, 5.74) is 2.72. The van der Waals surface area contributed by atoms with E-state index in [2.05, 4.69) is 21.0 Å². The lowest BCUT2D eigenvalue weighted by Gasteiger charge is -2.26. The van der Waals surface area contributed by atoms with Gasteiger partial charge in [0.2, 0.25) is 5.91 Å². The molecular weight excluding hydrogens is 717 g/mol. The number of anilines is 3. The van der Waals surface area contributed by atoms with E-state index in [1.165, 1.54) is 37.4 Å². The first-order chi connectivity index (χ1) is 23.3. The zero-order chi connectivity index (χ0) is 36.8. The van der Waals surface area contributed by atoms with Crippen LogP contribution in [0.15, 0.2) is 97.7 Å². The first-order valence-corrected chi connectivity index (χ1v) is 18.1. The third-order valence-corrected chi connectivity index (χ3v) is 9.81. The predicted molar refractivity (Wildman–Crippen MR) is 181 cm³/mol. The van der Waals surface area contributed by atoms with Crippen molar-refractivity contribution < 1.29 is 48.8 Å². The first kappa shape index (κ1) is 35.6. The van der Waals surface area contributed by atoms with Crippen molar-refractivity contribution in [2.45, 2.75) is 21.6 Å². The van der Waals surface area contributed by atoms with Crippen molar-refractivity contribution in [1.29, 1.82) is 5.26 Å². The number of nitrogens with zero attached hydrogens (tertiary/aromatic N) is 4. The Morgan fingerprint density at radius 3 is 2.00 bits per heavy atom. The molecule has 0 saturated carbocycles. The minimum absolute atomic E-state index is 0.129. The Balaban J connectivity index is 1.68. The predicted octanol–water partition coefficient (Wildman–Crippen LogP) is 5.15. The van der Waals surface area contributed by atoms with Crippen LogP contribution in [0.2, 0.25) is 0 Å². The second-order valence-electron chi connectivity index (χ2n) is 10.6. The van der Waals surface area contributed by atoms with Crippen molar-refractivity contribution in [3.05, 3.63) is 78.4 Å². The van der Waals surface area contributed by atoms with Gasteiger partial charge in [0.15, 0.2) is 0 Å². The second-order valence-corrected chi connectivity index (χ2v) is 14.8. The smallest absolute Gasteiger partial charge is 0.296 e. The molecule has 0 bridgehead atoms. The van der Waals surface area contributed by atoms with E-state index in [1.54, 1.807) is 12.1 Å². The lowest BCUT2D eigenvalue weighted by atomic mass is 10.1. The van der Waals surface area contributed by atoms with Crippen molar-refractivity contribution in [3.8, 4) is 11.8 Å². The quantitative estimate of drug-likeness (QED) is 0.0494. The molecule has 0 unspecified atom stereocenters. The lowest BCUT2D eigenvalue weighted by Crippen LogP contribution is -2.26. The van der Waals surface area contributed by atoms with Crippen molar-refractivity contribution in [3.63, 3.8) is 0 Å². The number of azo groups is 1. The maximum Gasteiger partial charge on any atom is 0.296 e. The Morgan fingerprint density at radius 1 is 0.780 bits per heavy atom. The summed E-state index contributed by atoms with van der Waals surface area (Å²) < 4.78 is 103. The number of benzene rings is 5. The molecule has 0 heterocycles. The van der Waals surface area contributed by atoms with E-state index in [9.17, 15) is 48.8 Å². The number of carbonyl (C=O) groups is 1. The molecule has 5 rings (SSSR count). The largest absolute Gasteiger partial charge is 0.505 e. The average molecular weight is 741 g/mol. The van der Waals surface area contributed by atoms with Crippen LogP contribution >= 0.6 is 0 Å². The normalized spacial score (nSPS) is 12.2. The summed E-state index contributed by atoms with van der Waals surface area (Å²) in [5.74, 6) is -1.58. The van der Waals surface area contributed by atoms with Crippen molar-refractivity contribution in [2.75, 3.05) is 22.8 Å². The number of amides is 1. The SMILES string of the molecule is CC(=O)Nc1cc2c(O)c(NN(C)c3ccc(/N=N/c4ccc(C#N)cc4)c4ccc(S(=O)(=O)O)cc34)c(S(=O)(=O)O)cc2cc1S(=O)(=O)O. The molecule has 50 heavy (non-hydrogen) atoms. The molecule has 0 aliphatic heterocycles. The molecule has 0 aromatic heterocycles. The molecular formula is C30H24N6O11S3. The fourth-order valence-corrected chi connectivity index (χ4v) is 6.82. The molecule has 5 aromatic rings. The van der Waals surface area contributed by atoms with Gasteiger partial charge in [0, 0.05) is 30.1 Å². The molecule has 0 saturated heterocycles. The number of phenols is 1. The molecule has 5 aromatic carbocycles. The summed E-state index contributed by atoms with van der Waals surface area (Å²) in [6.07, 6.45) is 0. The van der Waals surface area contributed by atoms with Crippen LogP contribution < -0.4 is 15.8 Å². The fraction of sp³-hybridized carbons (Fsp3) is 0.0667. The highest BCUT2D eigenvalue weighted by Gasteiger charge is 2.26. The highest BCUT2D eigenvalue weighted by Crippen LogP contribution is 2.43. The van der Waals surface area contributed by atoms with E-state index in [0.717, 1.165) is 42.3 Å². The number of hydrogen-bond acceptors (Lipinski definition) is 13. The Morgan fingerprint density at radius 2 is 1.42 bits per heavy atom. The topological polar surface area (TPSA) is 276 Å². The van der Waals surface area contributed by atoms with Gasteiger partial charge >= 0.3 is 0 Å². The Bertz CT molecular complexity index is 2640. The molecule has 258 valence electrons. The van der Waals surface area contributed by atoms with Crippen molar-refractivity contribution in [2.24, 2.45) is 10.2 Å². The molecule has 6 N–H and O–H groups in total.